The first-order chi connectivity index (χ1) is 13.6. The highest BCUT2D eigenvalue weighted by Gasteiger charge is 2.15. The van der Waals surface area contributed by atoms with Crippen LogP contribution in [0, 0.1) is 6.92 Å². The highest BCUT2D eigenvalue weighted by Crippen LogP contribution is 2.38. The summed E-state index contributed by atoms with van der Waals surface area (Å²) in [6, 6.07) is 11.6. The van der Waals surface area contributed by atoms with E-state index in [-0.39, 0.29) is 12.3 Å². The van der Waals surface area contributed by atoms with E-state index in [1.807, 2.05) is 31.2 Å². The summed E-state index contributed by atoms with van der Waals surface area (Å²) in [6.07, 6.45) is 0.223. The van der Waals surface area contributed by atoms with Gasteiger partial charge in [0.2, 0.25) is 11.7 Å². The Balaban J connectivity index is 1.64. The van der Waals surface area contributed by atoms with E-state index in [1.165, 1.54) is 0 Å². The number of methoxy groups -OCH3 is 3. The number of carbonyl (C=O) groups is 1. The lowest BCUT2D eigenvalue weighted by Gasteiger charge is -2.14. The first-order valence-electron chi connectivity index (χ1n) is 9.04. The Morgan fingerprint density at radius 3 is 2.39 bits per heavy atom. The quantitative estimate of drug-likeness (QED) is 0.647. The first kappa shape index (κ1) is 19.5. The lowest BCUT2D eigenvalue weighted by molar-refractivity contribution is -0.120. The summed E-state index contributed by atoms with van der Waals surface area (Å²) in [6.45, 7) is 3.15. The second-order valence-corrected chi connectivity index (χ2v) is 6.36. The van der Waals surface area contributed by atoms with Crippen LogP contribution >= 0.6 is 0 Å². The van der Waals surface area contributed by atoms with E-state index in [4.69, 9.17) is 14.2 Å². The Kier molecular flexibility index (Phi) is 6.03. The van der Waals surface area contributed by atoms with E-state index in [1.54, 1.807) is 33.5 Å². The Labute approximate surface area is 164 Å². The molecule has 0 atom stereocenters. The van der Waals surface area contributed by atoms with Gasteiger partial charge in [0.15, 0.2) is 11.5 Å². The average molecular weight is 383 g/mol. The molecular weight excluding hydrogens is 358 g/mol. The molecule has 0 spiro atoms. The number of hydrogen-bond donors (Lipinski definition) is 1. The molecule has 0 bridgehead atoms. The lowest BCUT2D eigenvalue weighted by Crippen LogP contribution is -2.28. The molecule has 7 heteroatoms. The van der Waals surface area contributed by atoms with Crippen LogP contribution in [-0.2, 0) is 17.8 Å². The van der Waals surface area contributed by atoms with Gasteiger partial charge in [0.1, 0.15) is 5.82 Å². The number of aromatic nitrogens is 2. The topological polar surface area (TPSA) is 74.6 Å². The molecule has 0 aliphatic carbocycles. The number of hydrogen-bond acceptors (Lipinski definition) is 5. The number of carbonyl (C=O) groups excluding carboxylic acids is 1. The zero-order chi connectivity index (χ0) is 20.1. The lowest BCUT2D eigenvalue weighted by atomic mass is 10.1. The van der Waals surface area contributed by atoms with Crippen molar-refractivity contribution < 1.29 is 19.0 Å². The minimum Gasteiger partial charge on any atom is -0.493 e. The van der Waals surface area contributed by atoms with Gasteiger partial charge in [-0.2, -0.15) is 0 Å². The van der Waals surface area contributed by atoms with Gasteiger partial charge in [0.05, 0.1) is 38.8 Å². The van der Waals surface area contributed by atoms with Crippen LogP contribution in [0.25, 0.3) is 11.0 Å². The number of ether oxygens (including phenoxy) is 3. The van der Waals surface area contributed by atoms with E-state index in [2.05, 4.69) is 14.9 Å². The maximum absolute atomic E-state index is 12.4. The van der Waals surface area contributed by atoms with Crippen LogP contribution in [0.5, 0.6) is 17.2 Å². The highest BCUT2D eigenvalue weighted by molar-refractivity contribution is 5.79. The number of fused-ring (bicyclic) bond motifs is 1. The molecule has 3 aromatic rings. The van der Waals surface area contributed by atoms with Gasteiger partial charge in [-0.15, -0.1) is 0 Å². The second kappa shape index (κ2) is 8.65. The fourth-order valence-electron chi connectivity index (χ4n) is 3.27. The van der Waals surface area contributed by atoms with Gasteiger partial charge < -0.3 is 24.1 Å². The molecule has 0 saturated carbocycles. The molecule has 7 nitrogen and oxygen atoms in total. The molecule has 0 fully saturated rings. The molecule has 0 unspecified atom stereocenters. The highest BCUT2D eigenvalue weighted by atomic mass is 16.5. The number of nitrogens with one attached hydrogen (secondary N) is 1. The van der Waals surface area contributed by atoms with E-state index in [0.717, 1.165) is 22.4 Å². The largest absolute Gasteiger partial charge is 0.493 e. The Hall–Kier alpha value is -3.22. The second-order valence-electron chi connectivity index (χ2n) is 6.36. The number of para-hydroxylation sites is 2. The van der Waals surface area contributed by atoms with Crippen molar-refractivity contribution >= 4 is 16.9 Å². The van der Waals surface area contributed by atoms with Gasteiger partial charge in [-0.05, 0) is 36.8 Å². The summed E-state index contributed by atoms with van der Waals surface area (Å²) in [5, 5.41) is 2.96. The summed E-state index contributed by atoms with van der Waals surface area (Å²) < 4.78 is 18.1. The van der Waals surface area contributed by atoms with E-state index in [0.29, 0.717) is 30.3 Å². The summed E-state index contributed by atoms with van der Waals surface area (Å²) in [4.78, 5) is 16.9. The maximum atomic E-state index is 12.4. The number of nitrogens with zero attached hydrogens (tertiary/aromatic N) is 2. The summed E-state index contributed by atoms with van der Waals surface area (Å²) in [5.41, 5.74) is 2.82. The van der Waals surface area contributed by atoms with Crippen LogP contribution < -0.4 is 19.5 Å². The molecule has 1 heterocycles. The standard InChI is InChI=1S/C21H25N3O4/c1-14-23-16-7-5-6-8-17(16)24(14)10-9-22-20(25)13-15-11-18(26-2)21(28-4)19(12-15)27-3/h5-8,11-12H,9-10,13H2,1-4H3,(H,22,25). The Morgan fingerprint density at radius 1 is 1.07 bits per heavy atom. The van der Waals surface area contributed by atoms with Crippen LogP contribution in [-0.4, -0.2) is 43.3 Å². The average Bonchev–Trinajstić information content (AvgIpc) is 3.02. The summed E-state index contributed by atoms with van der Waals surface area (Å²) >= 11 is 0. The van der Waals surface area contributed by atoms with Crippen molar-refractivity contribution in [1.29, 1.82) is 0 Å². The van der Waals surface area contributed by atoms with Crippen molar-refractivity contribution in [2.45, 2.75) is 19.9 Å². The van der Waals surface area contributed by atoms with Crippen LogP contribution in [0.2, 0.25) is 0 Å². The van der Waals surface area contributed by atoms with Crippen LogP contribution in [0.3, 0.4) is 0 Å². The monoisotopic (exact) mass is 383 g/mol. The predicted molar refractivity (Wildman–Crippen MR) is 107 cm³/mol. The SMILES string of the molecule is COc1cc(CC(=O)NCCn2c(C)nc3ccccc32)cc(OC)c1OC. The predicted octanol–water partition coefficient (Wildman–Crippen LogP) is 2.73. The molecular formula is C21H25N3O4. The summed E-state index contributed by atoms with van der Waals surface area (Å²) in [5.74, 6) is 2.43. The third-order valence-corrected chi connectivity index (χ3v) is 4.59. The molecule has 3 rings (SSSR count). The van der Waals surface area contributed by atoms with Crippen LogP contribution in [0.15, 0.2) is 36.4 Å². The third kappa shape index (κ3) is 4.03. The number of imidazole rings is 1. The van der Waals surface area contributed by atoms with Crippen molar-refractivity contribution in [2.75, 3.05) is 27.9 Å². The van der Waals surface area contributed by atoms with Gasteiger partial charge in [0.25, 0.3) is 0 Å². The molecule has 0 radical (unpaired) electrons. The molecule has 2 aromatic carbocycles. The van der Waals surface area contributed by atoms with E-state index >= 15 is 0 Å². The van der Waals surface area contributed by atoms with Gasteiger partial charge in [-0.1, -0.05) is 12.1 Å². The number of amides is 1. The molecule has 1 N–H and O–H groups in total. The van der Waals surface area contributed by atoms with Gasteiger partial charge in [-0.3, -0.25) is 4.79 Å². The Bertz CT molecular complexity index is 956. The van der Waals surface area contributed by atoms with Crippen LogP contribution in [0.4, 0.5) is 0 Å². The van der Waals surface area contributed by atoms with Gasteiger partial charge in [0, 0.05) is 13.1 Å². The van der Waals surface area contributed by atoms with Crippen molar-refractivity contribution in [3.8, 4) is 17.2 Å². The molecule has 148 valence electrons. The van der Waals surface area contributed by atoms with E-state index in [9.17, 15) is 4.79 Å². The van der Waals surface area contributed by atoms with E-state index < -0.39 is 0 Å². The van der Waals surface area contributed by atoms with Gasteiger partial charge in [-0.25, -0.2) is 4.98 Å². The normalized spacial score (nSPS) is 10.7. The van der Waals surface area contributed by atoms with Crippen molar-refractivity contribution in [1.82, 2.24) is 14.9 Å². The van der Waals surface area contributed by atoms with Crippen molar-refractivity contribution in [3.63, 3.8) is 0 Å². The van der Waals surface area contributed by atoms with Gasteiger partial charge >= 0.3 is 0 Å². The minimum atomic E-state index is -0.0728. The smallest absolute Gasteiger partial charge is 0.224 e. The minimum absolute atomic E-state index is 0.0728. The fraction of sp³-hybridized carbons (Fsp3) is 0.333. The third-order valence-electron chi connectivity index (χ3n) is 4.59. The molecule has 0 aliphatic rings. The maximum Gasteiger partial charge on any atom is 0.224 e. The fourth-order valence-corrected chi connectivity index (χ4v) is 3.27. The van der Waals surface area contributed by atoms with Crippen molar-refractivity contribution in [3.05, 3.63) is 47.8 Å². The molecule has 0 saturated heterocycles. The molecule has 28 heavy (non-hydrogen) atoms. The van der Waals surface area contributed by atoms with Crippen molar-refractivity contribution in [2.24, 2.45) is 0 Å². The zero-order valence-corrected chi connectivity index (χ0v) is 16.6. The summed E-state index contributed by atoms with van der Waals surface area (Å²) in [7, 11) is 4.66. The molecule has 0 aliphatic heterocycles. The molecule has 1 amide bonds. The first-order valence-corrected chi connectivity index (χ1v) is 9.04. The number of rotatable bonds is 8. The number of aryl methyl sites for hydroxylation is 1. The zero-order valence-electron chi connectivity index (χ0n) is 16.6. The molecule has 1 aromatic heterocycles. The Morgan fingerprint density at radius 2 is 1.75 bits per heavy atom. The van der Waals surface area contributed by atoms with Crippen LogP contribution in [0.1, 0.15) is 11.4 Å². The number of benzene rings is 2.